The van der Waals surface area contributed by atoms with Gasteiger partial charge in [-0.3, -0.25) is 14.7 Å². The molecule has 0 aliphatic carbocycles. The van der Waals surface area contributed by atoms with E-state index in [1.807, 2.05) is 4.90 Å². The van der Waals surface area contributed by atoms with Crippen LogP contribution in [-0.4, -0.2) is 72.3 Å². The van der Waals surface area contributed by atoms with Gasteiger partial charge in [-0.05, 0) is 12.1 Å². The molecule has 1 fully saturated rings. The summed E-state index contributed by atoms with van der Waals surface area (Å²) in [5.41, 5.74) is 0.822. The van der Waals surface area contributed by atoms with Crippen LogP contribution in [0.25, 0.3) is 0 Å². The molecule has 1 aromatic carbocycles. The molecule has 0 saturated carbocycles. The van der Waals surface area contributed by atoms with E-state index in [1.165, 1.54) is 20.1 Å². The third-order valence-corrected chi connectivity index (χ3v) is 6.58. The molecule has 1 N–H and O–H groups in total. The molecule has 36 heavy (non-hydrogen) atoms. The van der Waals surface area contributed by atoms with Crippen LogP contribution in [0.5, 0.6) is 0 Å². The average molecular weight is 538 g/mol. The lowest BCUT2D eigenvalue weighted by Crippen LogP contribution is -2.50. The van der Waals surface area contributed by atoms with Crippen LogP contribution in [0.15, 0.2) is 46.7 Å². The number of halogens is 4. The Balaban J connectivity index is 1.79. The second-order valence-corrected chi connectivity index (χ2v) is 9.16. The molecule has 1 amide bonds. The largest absolute Gasteiger partial charge is 0.466 e. The lowest BCUT2D eigenvalue weighted by atomic mass is 9.95. The van der Waals surface area contributed by atoms with Crippen LogP contribution in [0.1, 0.15) is 24.2 Å². The lowest BCUT2D eigenvalue weighted by Gasteiger charge is -2.36. The number of ether oxygens (including phenoxy) is 1. The Morgan fingerprint density at radius 3 is 2.50 bits per heavy atom. The Hall–Kier alpha value is -3.08. The fourth-order valence-corrected chi connectivity index (χ4v) is 4.68. The minimum Gasteiger partial charge on any atom is -0.466 e. The van der Waals surface area contributed by atoms with E-state index in [4.69, 9.17) is 27.9 Å². The predicted molar refractivity (Wildman–Crippen MR) is 131 cm³/mol. The Morgan fingerprint density at radius 1 is 1.17 bits per heavy atom. The van der Waals surface area contributed by atoms with E-state index >= 15 is 0 Å². The Labute approximate surface area is 216 Å². The summed E-state index contributed by atoms with van der Waals surface area (Å²) in [6.07, 6.45) is 0.882. The van der Waals surface area contributed by atoms with Crippen LogP contribution in [0.3, 0.4) is 0 Å². The zero-order valence-corrected chi connectivity index (χ0v) is 21.0. The normalized spacial score (nSPS) is 18.6. The number of carbonyl (C=O) groups is 2. The zero-order valence-electron chi connectivity index (χ0n) is 19.5. The molecule has 3 heterocycles. The van der Waals surface area contributed by atoms with Crippen LogP contribution in [0.4, 0.5) is 8.78 Å². The van der Waals surface area contributed by atoms with Crippen molar-refractivity contribution in [2.45, 2.75) is 13.0 Å². The fourth-order valence-electron chi connectivity index (χ4n) is 4.17. The number of esters is 1. The third-order valence-electron chi connectivity index (χ3n) is 6.02. The maximum Gasteiger partial charge on any atom is 0.338 e. The van der Waals surface area contributed by atoms with Gasteiger partial charge in [-0.25, -0.2) is 18.6 Å². The Bertz CT molecular complexity index is 1260. The number of hydrogen-bond acceptors (Lipinski definition) is 7. The van der Waals surface area contributed by atoms with Gasteiger partial charge in [0, 0.05) is 67.0 Å². The van der Waals surface area contributed by atoms with E-state index in [2.05, 4.69) is 15.3 Å². The third kappa shape index (κ3) is 5.50. The number of aromatic nitrogens is 1. The Morgan fingerprint density at radius 2 is 1.89 bits per heavy atom. The van der Waals surface area contributed by atoms with E-state index in [0.717, 1.165) is 6.20 Å². The first kappa shape index (κ1) is 26.0. The molecule has 2 aromatic rings. The molecule has 1 unspecified atom stereocenters. The van der Waals surface area contributed by atoms with Gasteiger partial charge >= 0.3 is 5.97 Å². The predicted octanol–water partition coefficient (Wildman–Crippen LogP) is 3.35. The topological polar surface area (TPSA) is 87.1 Å². The van der Waals surface area contributed by atoms with Crippen molar-refractivity contribution >= 4 is 40.9 Å². The molecule has 0 spiro atoms. The van der Waals surface area contributed by atoms with Crippen molar-refractivity contribution in [3.63, 3.8) is 0 Å². The van der Waals surface area contributed by atoms with Gasteiger partial charge in [0.1, 0.15) is 17.6 Å². The Kier molecular flexibility index (Phi) is 7.87. The maximum atomic E-state index is 14.7. The minimum atomic E-state index is -0.974. The highest BCUT2D eigenvalue weighted by Gasteiger charge is 2.35. The highest BCUT2D eigenvalue weighted by atomic mass is 35.5. The first-order valence-corrected chi connectivity index (χ1v) is 11.8. The van der Waals surface area contributed by atoms with E-state index in [1.54, 1.807) is 17.0 Å². The molecule has 4 rings (SSSR count). The smallest absolute Gasteiger partial charge is 0.338 e. The van der Waals surface area contributed by atoms with Gasteiger partial charge in [-0.15, -0.1) is 0 Å². The highest BCUT2D eigenvalue weighted by molar-refractivity contribution is 6.35. The summed E-state index contributed by atoms with van der Waals surface area (Å²) >= 11 is 12.5. The van der Waals surface area contributed by atoms with E-state index in [-0.39, 0.29) is 34.6 Å². The zero-order chi connectivity index (χ0) is 26.0. The number of amidine groups is 1. The van der Waals surface area contributed by atoms with Crippen molar-refractivity contribution in [1.29, 1.82) is 0 Å². The molecular formula is C24H23Cl2F2N5O3. The van der Waals surface area contributed by atoms with Crippen molar-refractivity contribution in [2.24, 2.45) is 4.99 Å². The molecule has 8 nitrogen and oxygen atoms in total. The van der Waals surface area contributed by atoms with Gasteiger partial charge in [0.05, 0.1) is 18.9 Å². The number of hydrogen-bond donors (Lipinski definition) is 1. The van der Waals surface area contributed by atoms with E-state index in [0.29, 0.717) is 48.5 Å². The number of methoxy groups -OCH3 is 1. The molecule has 12 heteroatoms. The first-order chi connectivity index (χ1) is 17.2. The average Bonchev–Trinajstić information content (AvgIpc) is 2.83. The van der Waals surface area contributed by atoms with Crippen LogP contribution < -0.4 is 5.32 Å². The number of nitrogens with one attached hydrogen (secondary N) is 1. The van der Waals surface area contributed by atoms with Crippen molar-refractivity contribution in [1.82, 2.24) is 20.1 Å². The summed E-state index contributed by atoms with van der Waals surface area (Å²) in [7, 11) is 1.25. The van der Waals surface area contributed by atoms with Crippen molar-refractivity contribution in [3.05, 3.63) is 74.7 Å². The highest BCUT2D eigenvalue weighted by Crippen LogP contribution is 2.37. The quantitative estimate of drug-likeness (QED) is 0.588. The van der Waals surface area contributed by atoms with Gasteiger partial charge in [-0.1, -0.05) is 29.3 Å². The maximum absolute atomic E-state index is 14.7. The van der Waals surface area contributed by atoms with Crippen LogP contribution in [0, 0.1) is 11.6 Å². The summed E-state index contributed by atoms with van der Waals surface area (Å²) in [6.45, 7) is 3.93. The molecule has 190 valence electrons. The molecule has 2 aliphatic rings. The number of benzene rings is 1. The molecule has 0 bridgehead atoms. The summed E-state index contributed by atoms with van der Waals surface area (Å²) in [5, 5.41) is 3.66. The molecular weight excluding hydrogens is 515 g/mol. The molecule has 1 atom stereocenters. The molecule has 2 aliphatic heterocycles. The second kappa shape index (κ2) is 10.9. The molecule has 1 saturated heterocycles. The van der Waals surface area contributed by atoms with Crippen molar-refractivity contribution in [2.75, 3.05) is 39.8 Å². The standard InChI is InChI=1S/C24H23Cl2F2N5O3/c1-13(34)33-7-5-32(6-8-33)12-19-20(24(35)36-2)21(16-4-3-14(25)9-17(16)26)31-23(30-19)22-18(28)10-15(27)11-29-22/h3-4,9-11,21H,5-8,12H2,1-2H3,(H,30,31). The van der Waals surface area contributed by atoms with Gasteiger partial charge < -0.3 is 15.0 Å². The van der Waals surface area contributed by atoms with Gasteiger partial charge in [-0.2, -0.15) is 0 Å². The van der Waals surface area contributed by atoms with Gasteiger partial charge in [0.2, 0.25) is 5.91 Å². The van der Waals surface area contributed by atoms with Crippen LogP contribution in [0.2, 0.25) is 10.0 Å². The van der Waals surface area contributed by atoms with Crippen LogP contribution >= 0.6 is 23.2 Å². The molecule has 0 radical (unpaired) electrons. The first-order valence-electron chi connectivity index (χ1n) is 11.1. The van der Waals surface area contributed by atoms with Crippen molar-refractivity contribution < 1.29 is 23.1 Å². The lowest BCUT2D eigenvalue weighted by molar-refractivity contribution is -0.136. The summed E-state index contributed by atoms with van der Waals surface area (Å²) in [6, 6.07) is 4.48. The fraction of sp³-hybridized carbons (Fsp3) is 0.333. The van der Waals surface area contributed by atoms with Crippen molar-refractivity contribution in [3.8, 4) is 0 Å². The minimum absolute atomic E-state index is 0.00791. The SMILES string of the molecule is COC(=O)C1=C(CN2CCN(C(C)=O)CC2)NC(c2ncc(F)cc2F)=NC1c1ccc(Cl)cc1Cl. The summed E-state index contributed by atoms with van der Waals surface area (Å²) in [5.74, 6) is -2.40. The number of rotatable bonds is 5. The summed E-state index contributed by atoms with van der Waals surface area (Å²) < 4.78 is 33.3. The van der Waals surface area contributed by atoms with Gasteiger partial charge in [0.15, 0.2) is 11.7 Å². The van der Waals surface area contributed by atoms with Crippen LogP contribution in [-0.2, 0) is 14.3 Å². The number of carbonyl (C=O) groups excluding carboxylic acids is 2. The number of nitrogens with zero attached hydrogens (tertiary/aromatic N) is 4. The monoisotopic (exact) mass is 537 g/mol. The molecule has 1 aromatic heterocycles. The van der Waals surface area contributed by atoms with E-state index in [9.17, 15) is 18.4 Å². The summed E-state index contributed by atoms with van der Waals surface area (Å²) in [4.78, 5) is 36.9. The number of aliphatic imine (C=N–C) groups is 1. The second-order valence-electron chi connectivity index (χ2n) is 8.32. The van der Waals surface area contributed by atoms with Gasteiger partial charge in [0.25, 0.3) is 0 Å². The number of piperazine rings is 1. The van der Waals surface area contributed by atoms with E-state index < -0.39 is 23.6 Å². The number of amides is 1. The number of pyridine rings is 1.